The maximum atomic E-state index is 12.5. The second-order valence-corrected chi connectivity index (χ2v) is 14.2. The van der Waals surface area contributed by atoms with Crippen LogP contribution in [0.3, 0.4) is 0 Å². The molecule has 0 heterocycles. The number of hydrogen-bond donors (Lipinski definition) is 2. The van der Waals surface area contributed by atoms with Crippen molar-refractivity contribution in [2.24, 2.45) is 5.73 Å². The highest BCUT2D eigenvalue weighted by Crippen LogP contribution is 2.43. The molecule has 0 aromatic heterocycles. The van der Waals surface area contributed by atoms with E-state index < -0.39 is 32.5 Å². The first kappa shape index (κ1) is 51.7. The van der Waals surface area contributed by atoms with E-state index in [1.54, 1.807) is 0 Å². The zero-order valence-electron chi connectivity index (χ0n) is 33.9. The highest BCUT2D eigenvalue weighted by molar-refractivity contribution is 7.47. The molecule has 0 radical (unpaired) electrons. The third kappa shape index (κ3) is 40.2. The van der Waals surface area contributed by atoms with E-state index in [2.05, 4.69) is 111 Å². The van der Waals surface area contributed by atoms with Gasteiger partial charge in [-0.3, -0.25) is 18.6 Å². The van der Waals surface area contributed by atoms with Crippen LogP contribution >= 0.6 is 7.82 Å². The van der Waals surface area contributed by atoms with Crippen LogP contribution in [0.4, 0.5) is 0 Å². The molecule has 1 unspecified atom stereocenters. The minimum absolute atomic E-state index is 0.0312. The van der Waals surface area contributed by atoms with Gasteiger partial charge in [-0.1, -0.05) is 136 Å². The number of esters is 2. The van der Waals surface area contributed by atoms with Gasteiger partial charge >= 0.3 is 19.8 Å². The summed E-state index contributed by atoms with van der Waals surface area (Å²) in [6.07, 6.45) is 52.8. The molecule has 0 amide bonds. The minimum Gasteiger partial charge on any atom is -0.462 e. The van der Waals surface area contributed by atoms with Gasteiger partial charge < -0.3 is 20.1 Å². The molecule has 0 rings (SSSR count). The van der Waals surface area contributed by atoms with Crippen molar-refractivity contribution in [1.82, 2.24) is 0 Å². The zero-order valence-corrected chi connectivity index (χ0v) is 34.7. The predicted molar refractivity (Wildman–Crippen MR) is 228 cm³/mol. The average molecular weight is 786 g/mol. The lowest BCUT2D eigenvalue weighted by molar-refractivity contribution is -0.161. The molecule has 0 aliphatic carbocycles. The Morgan fingerprint density at radius 3 is 1.49 bits per heavy atom. The molecule has 0 fully saturated rings. The first-order chi connectivity index (χ1) is 26.8. The van der Waals surface area contributed by atoms with Gasteiger partial charge in [-0.25, -0.2) is 4.57 Å². The van der Waals surface area contributed by atoms with Gasteiger partial charge in [0.1, 0.15) is 6.61 Å². The number of rotatable bonds is 36. The standard InChI is InChI=1S/C45H72NO8P/c1-3-5-7-9-11-13-15-17-19-20-21-22-24-25-27-29-31-33-35-37-44(47)51-41-43(42-53-55(49,50)52-40-39-46)54-45(48)38-36-34-32-30-28-26-23-18-16-14-12-10-8-6-4-2/h5,7,11-14,17-19,21-23,25,27-28,30-31,33,43H,3-4,6,8-10,15-16,20,24,26,29,32,34-42,46H2,1-2H3,(H,49,50)/t43-/m1/s1. The molecule has 55 heavy (non-hydrogen) atoms. The Hall–Kier alpha value is -3.33. The van der Waals surface area contributed by atoms with Crippen molar-refractivity contribution in [2.45, 2.75) is 136 Å². The number of carbonyl (C=O) groups is 2. The van der Waals surface area contributed by atoms with Crippen molar-refractivity contribution in [2.75, 3.05) is 26.4 Å². The summed E-state index contributed by atoms with van der Waals surface area (Å²) in [7, 11) is -4.41. The molecule has 0 spiro atoms. The van der Waals surface area contributed by atoms with Crippen LogP contribution in [0.2, 0.25) is 0 Å². The first-order valence-corrected chi connectivity index (χ1v) is 21.9. The van der Waals surface area contributed by atoms with Gasteiger partial charge in [-0.15, -0.1) is 0 Å². The fourth-order valence-corrected chi connectivity index (χ4v) is 5.43. The summed E-state index contributed by atoms with van der Waals surface area (Å²) in [5.41, 5.74) is 5.33. The fourth-order valence-electron chi connectivity index (χ4n) is 4.66. The lowest BCUT2D eigenvalue weighted by Gasteiger charge is -2.19. The molecule has 9 nitrogen and oxygen atoms in total. The van der Waals surface area contributed by atoms with Gasteiger partial charge in [0.2, 0.25) is 0 Å². The molecule has 0 aliphatic heterocycles. The largest absolute Gasteiger partial charge is 0.472 e. The number of nitrogens with two attached hydrogens (primary N) is 1. The third-order valence-electron chi connectivity index (χ3n) is 7.66. The van der Waals surface area contributed by atoms with E-state index >= 15 is 0 Å². The Labute approximate surface area is 333 Å². The van der Waals surface area contributed by atoms with E-state index in [-0.39, 0.29) is 32.6 Å². The molecule has 0 saturated carbocycles. The van der Waals surface area contributed by atoms with Gasteiger partial charge in [-0.2, -0.15) is 0 Å². The summed E-state index contributed by atoms with van der Waals surface area (Å²) < 4.78 is 32.6. The number of hydrogen-bond acceptors (Lipinski definition) is 8. The Morgan fingerprint density at radius 1 is 0.564 bits per heavy atom. The molecule has 0 bridgehead atoms. The Balaban J connectivity index is 4.41. The predicted octanol–water partition coefficient (Wildman–Crippen LogP) is 11.6. The number of allylic oxidation sites excluding steroid dienone is 18. The van der Waals surface area contributed by atoms with Crippen LogP contribution in [0.5, 0.6) is 0 Å². The monoisotopic (exact) mass is 785 g/mol. The average Bonchev–Trinajstić information content (AvgIpc) is 3.17. The smallest absolute Gasteiger partial charge is 0.462 e. The van der Waals surface area contributed by atoms with Crippen molar-refractivity contribution in [3.05, 3.63) is 109 Å². The summed E-state index contributed by atoms with van der Waals surface area (Å²) in [6.45, 7) is 3.42. The highest BCUT2D eigenvalue weighted by atomic mass is 31.2. The number of ether oxygens (including phenoxy) is 2. The van der Waals surface area contributed by atoms with Crippen LogP contribution < -0.4 is 5.73 Å². The molecule has 3 N–H and O–H groups in total. The fraction of sp³-hybridized carbons (Fsp3) is 0.556. The molecule has 0 aromatic carbocycles. The minimum atomic E-state index is -4.41. The number of phosphoric ester groups is 1. The summed E-state index contributed by atoms with van der Waals surface area (Å²) in [5, 5.41) is 0. The summed E-state index contributed by atoms with van der Waals surface area (Å²) in [6, 6.07) is 0. The van der Waals surface area contributed by atoms with E-state index in [9.17, 15) is 19.0 Å². The molecule has 0 aliphatic rings. The van der Waals surface area contributed by atoms with Crippen molar-refractivity contribution in [3.63, 3.8) is 0 Å². The van der Waals surface area contributed by atoms with Gasteiger partial charge in [-0.05, 0) is 89.9 Å². The first-order valence-electron chi connectivity index (χ1n) is 20.4. The number of unbranched alkanes of at least 4 members (excludes halogenated alkanes) is 5. The van der Waals surface area contributed by atoms with Gasteiger partial charge in [0.25, 0.3) is 0 Å². The second-order valence-electron chi connectivity index (χ2n) is 12.8. The summed E-state index contributed by atoms with van der Waals surface area (Å²) in [4.78, 5) is 34.8. The summed E-state index contributed by atoms with van der Waals surface area (Å²) in [5.74, 6) is -0.986. The second kappa shape index (κ2) is 40.3. The normalized spacial score (nSPS) is 14.5. The maximum absolute atomic E-state index is 12.5. The highest BCUT2D eigenvalue weighted by Gasteiger charge is 2.25. The van der Waals surface area contributed by atoms with Crippen LogP contribution in [0.15, 0.2) is 109 Å². The van der Waals surface area contributed by atoms with Crippen LogP contribution in [-0.2, 0) is 32.7 Å². The quantitative estimate of drug-likeness (QED) is 0.0275. The van der Waals surface area contributed by atoms with Crippen molar-refractivity contribution in [1.29, 1.82) is 0 Å². The van der Waals surface area contributed by atoms with E-state index in [0.717, 1.165) is 70.6 Å². The van der Waals surface area contributed by atoms with E-state index in [0.29, 0.717) is 12.8 Å². The summed E-state index contributed by atoms with van der Waals surface area (Å²) >= 11 is 0. The Kier molecular flexibility index (Phi) is 37.9. The van der Waals surface area contributed by atoms with Crippen molar-refractivity contribution >= 4 is 19.8 Å². The molecule has 0 saturated heterocycles. The Morgan fingerprint density at radius 2 is 1.02 bits per heavy atom. The van der Waals surface area contributed by atoms with Crippen LogP contribution in [-0.4, -0.2) is 49.3 Å². The molecule has 310 valence electrons. The van der Waals surface area contributed by atoms with Gasteiger partial charge in [0.05, 0.1) is 13.2 Å². The SMILES string of the molecule is CCC=CCC=CCC=CCC=CCC=CCC=CCCC(=O)OC[C@H](COP(=O)(O)OCCN)OC(=O)CCCCC=CCC=CCC=CCCCCC. The van der Waals surface area contributed by atoms with E-state index in [1.807, 2.05) is 12.2 Å². The number of carbonyl (C=O) groups excluding carboxylic acids is 2. The van der Waals surface area contributed by atoms with Crippen LogP contribution in [0.1, 0.15) is 129 Å². The zero-order chi connectivity index (χ0) is 40.3. The Bertz CT molecular complexity index is 1260. The van der Waals surface area contributed by atoms with Gasteiger partial charge in [0.15, 0.2) is 6.10 Å². The molecular formula is C45H72NO8P. The molecular weight excluding hydrogens is 713 g/mol. The molecule has 2 atom stereocenters. The molecule has 0 aromatic rings. The lowest BCUT2D eigenvalue weighted by Crippen LogP contribution is -2.29. The van der Waals surface area contributed by atoms with E-state index in [1.165, 1.54) is 19.3 Å². The van der Waals surface area contributed by atoms with Crippen LogP contribution in [0, 0.1) is 0 Å². The van der Waals surface area contributed by atoms with Crippen molar-refractivity contribution in [3.8, 4) is 0 Å². The third-order valence-corrected chi connectivity index (χ3v) is 8.64. The van der Waals surface area contributed by atoms with Crippen molar-refractivity contribution < 1.29 is 37.6 Å². The van der Waals surface area contributed by atoms with E-state index in [4.69, 9.17) is 24.3 Å². The van der Waals surface area contributed by atoms with Crippen LogP contribution in [0.25, 0.3) is 0 Å². The topological polar surface area (TPSA) is 134 Å². The maximum Gasteiger partial charge on any atom is 0.472 e. The molecule has 10 heteroatoms. The lowest BCUT2D eigenvalue weighted by atomic mass is 10.1. The van der Waals surface area contributed by atoms with Gasteiger partial charge in [0, 0.05) is 19.4 Å². The number of phosphoric acid groups is 1.